The fraction of sp³-hybridized carbons (Fsp3) is 0.167. The van der Waals surface area contributed by atoms with Crippen LogP contribution in [0.4, 0.5) is 18.9 Å². The smallest absolute Gasteiger partial charge is 0.417 e. The Kier molecular flexibility index (Phi) is 4.38. The van der Waals surface area contributed by atoms with Crippen LogP contribution >= 0.6 is 22.9 Å². The number of hydrogen-bond donors (Lipinski definition) is 2. The maximum absolute atomic E-state index is 12.8. The van der Waals surface area contributed by atoms with Crippen molar-refractivity contribution < 1.29 is 23.1 Å². The molecule has 0 aliphatic heterocycles. The largest absolute Gasteiger partial charge is 0.478 e. The van der Waals surface area contributed by atoms with Crippen molar-refractivity contribution in [1.82, 2.24) is 4.98 Å². The summed E-state index contributed by atoms with van der Waals surface area (Å²) in [5.41, 5.74) is -2.11. The summed E-state index contributed by atoms with van der Waals surface area (Å²) in [5, 5.41) is 11.7. The van der Waals surface area contributed by atoms with Crippen LogP contribution in [0.5, 0.6) is 0 Å². The van der Waals surface area contributed by atoms with Crippen molar-refractivity contribution in [3.8, 4) is 0 Å². The van der Waals surface area contributed by atoms with E-state index >= 15 is 0 Å². The third-order valence-electron chi connectivity index (χ3n) is 2.56. The molecule has 0 saturated carbocycles. The van der Waals surface area contributed by atoms with Gasteiger partial charge in [-0.05, 0) is 12.1 Å². The van der Waals surface area contributed by atoms with Gasteiger partial charge in [0.1, 0.15) is 0 Å². The number of anilines is 1. The first-order chi connectivity index (χ1) is 9.79. The lowest BCUT2D eigenvalue weighted by atomic mass is 10.0. The molecular weight excluding hydrogens is 329 g/mol. The molecule has 0 aliphatic rings. The Morgan fingerprint density at radius 1 is 1.43 bits per heavy atom. The van der Waals surface area contributed by atoms with E-state index in [1.807, 2.05) is 0 Å². The van der Waals surface area contributed by atoms with Crippen molar-refractivity contribution in [3.05, 3.63) is 44.9 Å². The third-order valence-corrected chi connectivity index (χ3v) is 3.68. The number of alkyl halides is 3. The predicted molar refractivity (Wildman–Crippen MR) is 72.9 cm³/mol. The molecule has 0 saturated heterocycles. The van der Waals surface area contributed by atoms with Gasteiger partial charge in [0.15, 0.2) is 4.47 Å². The van der Waals surface area contributed by atoms with Gasteiger partial charge < -0.3 is 10.4 Å². The number of aromatic carboxylic acids is 1. The molecule has 0 spiro atoms. The molecule has 0 unspecified atom stereocenters. The summed E-state index contributed by atoms with van der Waals surface area (Å²) in [4.78, 5) is 15.6. The number of thiazole rings is 1. The lowest BCUT2D eigenvalue weighted by Crippen LogP contribution is -2.15. The molecule has 4 nitrogen and oxygen atoms in total. The zero-order chi connectivity index (χ0) is 15.6. The van der Waals surface area contributed by atoms with Crippen molar-refractivity contribution in [1.29, 1.82) is 0 Å². The van der Waals surface area contributed by atoms with E-state index in [4.69, 9.17) is 16.7 Å². The van der Waals surface area contributed by atoms with Crippen LogP contribution in [0.1, 0.15) is 20.8 Å². The summed E-state index contributed by atoms with van der Waals surface area (Å²) in [6, 6.07) is 3.16. The number of rotatable bonds is 4. The van der Waals surface area contributed by atoms with Gasteiger partial charge >= 0.3 is 12.1 Å². The van der Waals surface area contributed by atoms with Gasteiger partial charge in [0.25, 0.3) is 0 Å². The lowest BCUT2D eigenvalue weighted by Gasteiger charge is -2.14. The molecule has 0 amide bonds. The van der Waals surface area contributed by atoms with Crippen LogP contribution in [0.25, 0.3) is 0 Å². The van der Waals surface area contributed by atoms with Crippen LogP contribution in [0.15, 0.2) is 24.4 Å². The van der Waals surface area contributed by atoms with Gasteiger partial charge in [-0.15, -0.1) is 11.3 Å². The first-order valence-electron chi connectivity index (χ1n) is 5.56. The number of halogens is 4. The normalized spacial score (nSPS) is 11.4. The highest BCUT2D eigenvalue weighted by atomic mass is 35.5. The zero-order valence-electron chi connectivity index (χ0n) is 10.2. The lowest BCUT2D eigenvalue weighted by molar-refractivity contribution is -0.138. The van der Waals surface area contributed by atoms with Crippen molar-refractivity contribution in [2.45, 2.75) is 12.7 Å². The Morgan fingerprint density at radius 2 is 2.14 bits per heavy atom. The topological polar surface area (TPSA) is 62.2 Å². The minimum atomic E-state index is -4.74. The van der Waals surface area contributed by atoms with E-state index in [0.717, 1.165) is 23.5 Å². The highest BCUT2D eigenvalue weighted by Gasteiger charge is 2.36. The third kappa shape index (κ3) is 3.64. The van der Waals surface area contributed by atoms with E-state index in [1.54, 1.807) is 0 Å². The second-order valence-corrected chi connectivity index (χ2v) is 5.66. The second kappa shape index (κ2) is 5.90. The number of carboxylic acids is 1. The molecular formula is C12H8ClF3N2O2S. The van der Waals surface area contributed by atoms with Crippen LogP contribution < -0.4 is 5.32 Å². The molecule has 1 heterocycles. The zero-order valence-corrected chi connectivity index (χ0v) is 11.8. The molecule has 1 aromatic carbocycles. The summed E-state index contributed by atoms with van der Waals surface area (Å²) in [6.45, 7) is 0.131. The summed E-state index contributed by atoms with van der Waals surface area (Å²) < 4.78 is 38.8. The standard InChI is InChI=1S/C12H8ClF3N2O2S/c13-11-18-5-6(21-11)4-17-8-3-1-2-7(12(14,15)16)9(8)10(19)20/h1-3,5,17H,4H2,(H,19,20). The minimum Gasteiger partial charge on any atom is -0.478 e. The Labute approximate surface area is 126 Å². The predicted octanol–water partition coefficient (Wildman–Crippen LogP) is 4.13. The van der Waals surface area contributed by atoms with Crippen LogP contribution in [0, 0.1) is 0 Å². The molecule has 2 rings (SSSR count). The summed E-state index contributed by atoms with van der Waals surface area (Å²) >= 11 is 6.80. The van der Waals surface area contributed by atoms with Gasteiger partial charge in [0.2, 0.25) is 0 Å². The highest BCUT2D eigenvalue weighted by Crippen LogP contribution is 2.35. The molecule has 0 bridgehead atoms. The van der Waals surface area contributed by atoms with Crippen LogP contribution in [0.3, 0.4) is 0 Å². The summed E-state index contributed by atoms with van der Waals surface area (Å²) in [5.74, 6) is -1.65. The van der Waals surface area contributed by atoms with Crippen molar-refractivity contribution in [3.63, 3.8) is 0 Å². The van der Waals surface area contributed by atoms with Gasteiger partial charge in [0, 0.05) is 16.8 Å². The van der Waals surface area contributed by atoms with E-state index in [2.05, 4.69) is 10.3 Å². The van der Waals surface area contributed by atoms with Crippen molar-refractivity contribution in [2.75, 3.05) is 5.32 Å². The average molecular weight is 337 g/mol. The van der Waals surface area contributed by atoms with Gasteiger partial charge in [0.05, 0.1) is 17.7 Å². The maximum atomic E-state index is 12.8. The number of aromatic nitrogens is 1. The highest BCUT2D eigenvalue weighted by molar-refractivity contribution is 7.15. The monoisotopic (exact) mass is 336 g/mol. The molecule has 0 atom stereocenters. The van der Waals surface area contributed by atoms with Gasteiger partial charge in [-0.2, -0.15) is 13.2 Å². The first kappa shape index (κ1) is 15.6. The molecule has 21 heavy (non-hydrogen) atoms. The molecule has 0 radical (unpaired) electrons. The molecule has 9 heteroatoms. The van der Waals surface area contributed by atoms with E-state index < -0.39 is 23.3 Å². The summed E-state index contributed by atoms with van der Waals surface area (Å²) in [7, 11) is 0. The summed E-state index contributed by atoms with van der Waals surface area (Å²) in [6.07, 6.45) is -3.27. The Morgan fingerprint density at radius 3 is 2.67 bits per heavy atom. The Hall–Kier alpha value is -1.80. The average Bonchev–Trinajstić information content (AvgIpc) is 2.80. The van der Waals surface area contributed by atoms with E-state index in [1.165, 1.54) is 12.3 Å². The first-order valence-corrected chi connectivity index (χ1v) is 6.76. The minimum absolute atomic E-state index is 0.109. The van der Waals surface area contributed by atoms with E-state index in [0.29, 0.717) is 9.34 Å². The van der Waals surface area contributed by atoms with Crippen LogP contribution in [-0.2, 0) is 12.7 Å². The fourth-order valence-electron chi connectivity index (χ4n) is 1.71. The van der Waals surface area contributed by atoms with Crippen LogP contribution in [-0.4, -0.2) is 16.1 Å². The number of carbonyl (C=O) groups is 1. The Balaban J connectivity index is 2.32. The van der Waals surface area contributed by atoms with Gasteiger partial charge in [-0.3, -0.25) is 0 Å². The number of benzene rings is 1. The fourth-order valence-corrected chi connectivity index (χ4v) is 2.63. The number of carboxylic acid groups (broad SMARTS) is 1. The molecule has 112 valence electrons. The van der Waals surface area contributed by atoms with Crippen molar-refractivity contribution >= 4 is 34.6 Å². The number of hydrogen-bond acceptors (Lipinski definition) is 4. The molecule has 2 N–H and O–H groups in total. The molecule has 0 aliphatic carbocycles. The van der Waals surface area contributed by atoms with Gasteiger partial charge in [-0.1, -0.05) is 17.7 Å². The SMILES string of the molecule is O=C(O)c1c(NCc2cnc(Cl)s2)cccc1C(F)(F)F. The number of nitrogens with zero attached hydrogens (tertiary/aromatic N) is 1. The van der Waals surface area contributed by atoms with Gasteiger partial charge in [-0.25, -0.2) is 9.78 Å². The van der Waals surface area contributed by atoms with Crippen LogP contribution in [0.2, 0.25) is 4.47 Å². The quantitative estimate of drug-likeness (QED) is 0.881. The number of nitrogens with one attached hydrogen (secondary N) is 1. The Bertz CT molecular complexity index is 673. The maximum Gasteiger partial charge on any atom is 0.417 e. The molecule has 0 fully saturated rings. The van der Waals surface area contributed by atoms with Crippen molar-refractivity contribution in [2.24, 2.45) is 0 Å². The van der Waals surface area contributed by atoms with E-state index in [-0.39, 0.29) is 12.2 Å². The second-order valence-electron chi connectivity index (χ2n) is 3.96. The molecule has 1 aromatic heterocycles. The van der Waals surface area contributed by atoms with E-state index in [9.17, 15) is 18.0 Å². The molecule has 2 aromatic rings.